The van der Waals surface area contributed by atoms with Gasteiger partial charge in [-0.25, -0.2) is 4.98 Å². The maximum absolute atomic E-state index is 13.5. The van der Waals surface area contributed by atoms with E-state index in [1.165, 1.54) is 12.3 Å². The van der Waals surface area contributed by atoms with Crippen LogP contribution < -0.4 is 9.64 Å². The summed E-state index contributed by atoms with van der Waals surface area (Å²) in [7, 11) is 1.70. The van der Waals surface area contributed by atoms with Gasteiger partial charge in [0.2, 0.25) is 0 Å². The fourth-order valence-electron chi connectivity index (χ4n) is 6.25. The van der Waals surface area contributed by atoms with Gasteiger partial charge in [0, 0.05) is 19.3 Å². The number of ether oxygens (including phenoxy) is 1. The summed E-state index contributed by atoms with van der Waals surface area (Å²) >= 11 is 0. The summed E-state index contributed by atoms with van der Waals surface area (Å²) in [6.07, 6.45) is 3.82. The molecule has 0 saturated heterocycles. The standard InChI is InChI=1S/C28H33F3N2O3/c1-17(26(34)35)24(19-6-7-19)20-8-5-18-9-12-27(36-23(18)16-20)13-10-21(11-14-27)33(2)25-22(28(29,30)31)4-3-15-32-25/h3-5,8,15-17,19,21,24H,6-7,9-14H2,1-2H3,(H,34,35)/t17-,21?,24?,27?/m0/s1. The van der Waals surface area contributed by atoms with E-state index in [1.54, 1.807) is 18.9 Å². The van der Waals surface area contributed by atoms with E-state index >= 15 is 0 Å². The summed E-state index contributed by atoms with van der Waals surface area (Å²) in [5.41, 5.74) is 1.15. The summed E-state index contributed by atoms with van der Waals surface area (Å²) in [5, 5.41) is 9.64. The number of carboxylic acids is 1. The molecule has 2 saturated carbocycles. The van der Waals surface area contributed by atoms with Crippen molar-refractivity contribution in [1.29, 1.82) is 0 Å². The molecule has 1 aromatic heterocycles. The van der Waals surface area contributed by atoms with Crippen LogP contribution >= 0.6 is 0 Å². The van der Waals surface area contributed by atoms with Crippen LogP contribution in [0.25, 0.3) is 0 Å². The zero-order valence-corrected chi connectivity index (χ0v) is 20.7. The van der Waals surface area contributed by atoms with Crippen LogP contribution in [0, 0.1) is 11.8 Å². The minimum absolute atomic E-state index is 0.0140. The molecule has 2 aromatic rings. The van der Waals surface area contributed by atoms with Gasteiger partial charge in [0.05, 0.1) is 11.5 Å². The van der Waals surface area contributed by atoms with Gasteiger partial charge in [0.15, 0.2) is 0 Å². The highest BCUT2D eigenvalue weighted by molar-refractivity contribution is 5.71. The Balaban J connectivity index is 1.31. The number of carbonyl (C=O) groups is 1. The lowest BCUT2D eigenvalue weighted by Crippen LogP contribution is -2.47. The molecular formula is C28H33F3N2O3. The van der Waals surface area contributed by atoms with Crippen LogP contribution in [-0.4, -0.2) is 34.8 Å². The lowest BCUT2D eigenvalue weighted by atomic mass is 9.76. The van der Waals surface area contributed by atoms with Gasteiger partial charge in [-0.3, -0.25) is 4.79 Å². The van der Waals surface area contributed by atoms with Crippen molar-refractivity contribution in [2.45, 2.75) is 82.0 Å². The number of anilines is 1. The number of aliphatic carboxylic acids is 1. The first-order valence-corrected chi connectivity index (χ1v) is 12.9. The Morgan fingerprint density at radius 3 is 2.53 bits per heavy atom. The molecule has 2 heterocycles. The molecular weight excluding hydrogens is 469 g/mol. The molecule has 1 aromatic carbocycles. The van der Waals surface area contributed by atoms with E-state index in [0.717, 1.165) is 74.3 Å². The molecule has 2 aliphatic carbocycles. The number of nitrogens with zero attached hydrogens (tertiary/aromatic N) is 2. The number of halogens is 3. The lowest BCUT2D eigenvalue weighted by Gasteiger charge is -2.45. The number of aryl methyl sites for hydroxylation is 1. The number of benzene rings is 1. The summed E-state index contributed by atoms with van der Waals surface area (Å²) in [5.74, 6) is -0.00827. The van der Waals surface area contributed by atoms with Gasteiger partial charge in [0.25, 0.3) is 0 Å². The molecule has 2 fully saturated rings. The van der Waals surface area contributed by atoms with Crippen LogP contribution in [0.5, 0.6) is 5.75 Å². The lowest BCUT2D eigenvalue weighted by molar-refractivity contribution is -0.142. The van der Waals surface area contributed by atoms with Crippen LogP contribution in [0.1, 0.15) is 74.5 Å². The molecule has 5 rings (SSSR count). The Bertz CT molecular complexity index is 1120. The van der Waals surface area contributed by atoms with E-state index in [4.69, 9.17) is 4.74 Å². The van der Waals surface area contributed by atoms with E-state index in [-0.39, 0.29) is 23.4 Å². The number of pyridine rings is 1. The molecule has 8 heteroatoms. The molecule has 5 nitrogen and oxygen atoms in total. The van der Waals surface area contributed by atoms with Crippen molar-refractivity contribution >= 4 is 11.8 Å². The maximum atomic E-state index is 13.5. The number of carboxylic acid groups (broad SMARTS) is 1. The summed E-state index contributed by atoms with van der Waals surface area (Å²) in [6, 6.07) is 8.57. The van der Waals surface area contributed by atoms with Gasteiger partial charge in [-0.1, -0.05) is 19.1 Å². The zero-order valence-electron chi connectivity index (χ0n) is 20.7. The molecule has 194 valence electrons. The Hall–Kier alpha value is -2.77. The van der Waals surface area contributed by atoms with Gasteiger partial charge >= 0.3 is 12.1 Å². The van der Waals surface area contributed by atoms with E-state index in [0.29, 0.717) is 5.92 Å². The quantitative estimate of drug-likeness (QED) is 0.491. The number of aromatic nitrogens is 1. The van der Waals surface area contributed by atoms with E-state index < -0.39 is 23.6 Å². The van der Waals surface area contributed by atoms with E-state index in [2.05, 4.69) is 23.2 Å². The summed E-state index contributed by atoms with van der Waals surface area (Å²) in [6.45, 7) is 1.79. The van der Waals surface area contributed by atoms with E-state index in [9.17, 15) is 23.1 Å². The van der Waals surface area contributed by atoms with Crippen molar-refractivity contribution in [3.05, 3.63) is 53.2 Å². The molecule has 0 amide bonds. The van der Waals surface area contributed by atoms with Crippen LogP contribution in [-0.2, 0) is 17.4 Å². The van der Waals surface area contributed by atoms with Gasteiger partial charge in [-0.2, -0.15) is 13.2 Å². The average molecular weight is 503 g/mol. The molecule has 2 atom stereocenters. The highest BCUT2D eigenvalue weighted by Crippen LogP contribution is 2.49. The second-order valence-corrected chi connectivity index (χ2v) is 10.9. The second kappa shape index (κ2) is 9.27. The average Bonchev–Trinajstić information content (AvgIpc) is 3.68. The highest BCUT2D eigenvalue weighted by Gasteiger charge is 2.43. The topological polar surface area (TPSA) is 62.7 Å². The van der Waals surface area contributed by atoms with Gasteiger partial charge in [0.1, 0.15) is 17.2 Å². The largest absolute Gasteiger partial charge is 0.487 e. The first-order chi connectivity index (χ1) is 17.1. The predicted molar refractivity (Wildman–Crippen MR) is 130 cm³/mol. The Morgan fingerprint density at radius 2 is 1.89 bits per heavy atom. The monoisotopic (exact) mass is 502 g/mol. The normalized spacial score (nSPS) is 25.5. The predicted octanol–water partition coefficient (Wildman–Crippen LogP) is 6.46. The van der Waals surface area contributed by atoms with Crippen molar-refractivity contribution in [2.24, 2.45) is 11.8 Å². The first-order valence-electron chi connectivity index (χ1n) is 12.9. The fourth-order valence-corrected chi connectivity index (χ4v) is 6.25. The van der Waals surface area contributed by atoms with Crippen molar-refractivity contribution in [1.82, 2.24) is 4.98 Å². The third-order valence-electron chi connectivity index (χ3n) is 8.55. The second-order valence-electron chi connectivity index (χ2n) is 10.9. The SMILES string of the molecule is C[C@H](C(=O)O)C(c1ccc2c(c1)OC1(CC2)CCC(N(C)c2ncccc2C(F)(F)F)CC1)C1CC1. The number of hydrogen-bond acceptors (Lipinski definition) is 4. The maximum Gasteiger partial charge on any atom is 0.419 e. The van der Waals surface area contributed by atoms with Crippen LogP contribution in [0.4, 0.5) is 19.0 Å². The number of rotatable bonds is 6. The van der Waals surface area contributed by atoms with Crippen molar-refractivity contribution in [3.8, 4) is 5.75 Å². The van der Waals surface area contributed by atoms with Gasteiger partial charge in [-0.15, -0.1) is 0 Å². The molecule has 36 heavy (non-hydrogen) atoms. The van der Waals surface area contributed by atoms with Crippen LogP contribution in [0.15, 0.2) is 36.5 Å². The Kier molecular flexibility index (Phi) is 6.41. The fraction of sp³-hybridized carbons (Fsp3) is 0.571. The molecule has 1 unspecified atom stereocenters. The Morgan fingerprint density at radius 1 is 1.17 bits per heavy atom. The first kappa shape index (κ1) is 24.9. The summed E-state index contributed by atoms with van der Waals surface area (Å²) < 4.78 is 47.2. The molecule has 1 spiro atoms. The van der Waals surface area contributed by atoms with Crippen molar-refractivity contribution in [2.75, 3.05) is 11.9 Å². The van der Waals surface area contributed by atoms with Crippen LogP contribution in [0.3, 0.4) is 0 Å². The minimum Gasteiger partial charge on any atom is -0.487 e. The number of fused-ring (bicyclic) bond motifs is 1. The van der Waals surface area contributed by atoms with Crippen molar-refractivity contribution < 1.29 is 27.8 Å². The zero-order chi connectivity index (χ0) is 25.7. The smallest absolute Gasteiger partial charge is 0.419 e. The number of alkyl halides is 3. The third-order valence-corrected chi connectivity index (χ3v) is 8.55. The molecule has 0 bridgehead atoms. The van der Waals surface area contributed by atoms with E-state index in [1.807, 2.05) is 0 Å². The molecule has 0 radical (unpaired) electrons. The third kappa shape index (κ3) is 4.78. The number of hydrogen-bond donors (Lipinski definition) is 1. The highest BCUT2D eigenvalue weighted by atomic mass is 19.4. The molecule has 1 N–H and O–H groups in total. The molecule has 1 aliphatic heterocycles. The van der Waals surface area contributed by atoms with Crippen molar-refractivity contribution in [3.63, 3.8) is 0 Å². The van der Waals surface area contributed by atoms with Gasteiger partial charge < -0.3 is 14.7 Å². The van der Waals surface area contributed by atoms with Crippen LogP contribution in [0.2, 0.25) is 0 Å². The Labute approximate surface area is 209 Å². The minimum atomic E-state index is -4.45. The van der Waals surface area contributed by atoms with Gasteiger partial charge in [-0.05, 0) is 92.5 Å². The summed E-state index contributed by atoms with van der Waals surface area (Å²) in [4.78, 5) is 17.5. The molecule has 3 aliphatic rings.